The van der Waals surface area contributed by atoms with E-state index in [4.69, 9.17) is 33.2 Å². The van der Waals surface area contributed by atoms with Gasteiger partial charge in [-0.05, 0) is 111 Å². The summed E-state index contributed by atoms with van der Waals surface area (Å²) in [5, 5.41) is 0. The summed E-state index contributed by atoms with van der Waals surface area (Å²) in [5.41, 5.74) is 0. The van der Waals surface area contributed by atoms with Crippen LogP contribution >= 0.6 is 0 Å². The molecule has 0 aromatic heterocycles. The van der Waals surface area contributed by atoms with Crippen LogP contribution in [0.15, 0.2) is 0 Å². The molecular weight excluding hydrogens is 721 g/mol. The van der Waals surface area contributed by atoms with Gasteiger partial charge in [-0.3, -0.25) is 4.90 Å². The molecule has 0 saturated carbocycles. The van der Waals surface area contributed by atoms with E-state index in [9.17, 15) is 0 Å². The van der Waals surface area contributed by atoms with Gasteiger partial charge in [0.05, 0.1) is 39.6 Å². The van der Waals surface area contributed by atoms with Gasteiger partial charge in [-0.15, -0.1) is 0 Å². The summed E-state index contributed by atoms with van der Waals surface area (Å²) >= 11 is 0. The Bertz CT molecular complexity index is 683. The zero-order valence-electron chi connectivity index (χ0n) is 33.5. The van der Waals surface area contributed by atoms with E-state index in [0.29, 0.717) is 0 Å². The first-order valence-electron chi connectivity index (χ1n) is 20.6. The molecule has 0 N–H and O–H groups in total. The lowest BCUT2D eigenvalue weighted by atomic mass is 10.0. The first-order valence-corrected chi connectivity index (χ1v) is 20.6. The topological polar surface area (TPSA) is 77.6 Å². The molecule has 7 fully saturated rings. The van der Waals surface area contributed by atoms with Crippen molar-refractivity contribution in [1.82, 2.24) is 19.6 Å². The van der Waals surface area contributed by atoms with E-state index in [1.165, 1.54) is 90.8 Å². The summed E-state index contributed by atoms with van der Waals surface area (Å²) in [7, 11) is 1.69. The van der Waals surface area contributed by atoms with Gasteiger partial charge >= 0.3 is 0 Å². The minimum atomic E-state index is -0.189. The van der Waals surface area contributed by atoms with Gasteiger partial charge in [0.1, 0.15) is 0 Å². The first-order chi connectivity index (χ1) is 24.5. The van der Waals surface area contributed by atoms with Gasteiger partial charge in [-0.1, -0.05) is 86.1 Å². The van der Waals surface area contributed by atoms with E-state index in [2.05, 4.69) is 47.3 Å². The normalized spacial score (nSPS) is 23.2. The van der Waals surface area contributed by atoms with Crippen molar-refractivity contribution in [1.29, 1.82) is 0 Å². The fourth-order valence-electron chi connectivity index (χ4n) is 6.79. The first kappa shape index (κ1) is 68.3. The zero-order valence-corrected chi connectivity index (χ0v) is 33.5. The summed E-state index contributed by atoms with van der Waals surface area (Å²) in [5.74, 6) is -0.189. The lowest BCUT2D eigenvalue weighted by Crippen LogP contribution is -2.44. The summed E-state index contributed by atoms with van der Waals surface area (Å²) in [6.45, 7) is 31.5. The highest BCUT2D eigenvalue weighted by Gasteiger charge is 2.39. The molecule has 0 amide bonds. The second-order valence-corrected chi connectivity index (χ2v) is 13.9. The minimum Gasteiger partial charge on any atom is -0.379 e. The Balaban J connectivity index is -0.000000135. The number of rotatable bonds is 5. The van der Waals surface area contributed by atoms with Crippen LogP contribution in [-0.2, 0) is 33.2 Å². The smallest absolute Gasteiger partial charge is 0.170 e. The summed E-state index contributed by atoms with van der Waals surface area (Å²) < 4.78 is 36.7. The molecule has 7 heterocycles. The molecule has 7 rings (SSSR count). The SMILES string of the molecule is C.C.C.C.C.C.C.CC1OCCCO1.CCN1CCC2(CC1)OCCO2.CCN1CCCC1.CCN1CCCCC1.CCN1CCOCC1.COC1CCCCO1. The molecule has 7 aliphatic rings. The van der Waals surface area contributed by atoms with E-state index in [0.717, 1.165) is 105 Å². The average molecular weight is 829 g/mol. The van der Waals surface area contributed by atoms with Crippen LogP contribution in [0.4, 0.5) is 0 Å². The lowest BCUT2D eigenvalue weighted by molar-refractivity contribution is -0.184. The molecule has 7 aliphatic heterocycles. The van der Waals surface area contributed by atoms with Crippen molar-refractivity contribution in [2.75, 3.05) is 132 Å². The Labute approximate surface area is 359 Å². The van der Waals surface area contributed by atoms with E-state index in [1.807, 2.05) is 6.92 Å². The van der Waals surface area contributed by atoms with Crippen molar-refractivity contribution in [2.24, 2.45) is 0 Å². The number of piperidine rings is 2. The van der Waals surface area contributed by atoms with E-state index in [1.54, 1.807) is 7.11 Å². The number of morpholine rings is 1. The molecule has 11 nitrogen and oxygen atoms in total. The molecule has 0 bridgehead atoms. The van der Waals surface area contributed by atoms with Gasteiger partial charge in [0.2, 0.25) is 0 Å². The van der Waals surface area contributed by atoms with Crippen LogP contribution < -0.4 is 0 Å². The maximum Gasteiger partial charge on any atom is 0.170 e. The number of likely N-dealkylation sites (tertiary alicyclic amines) is 3. The fraction of sp³-hybridized carbons (Fsp3) is 1.00. The van der Waals surface area contributed by atoms with Crippen LogP contribution in [0.1, 0.15) is 157 Å². The van der Waals surface area contributed by atoms with Crippen molar-refractivity contribution in [3.05, 3.63) is 0 Å². The predicted molar refractivity (Wildman–Crippen MR) is 250 cm³/mol. The second-order valence-electron chi connectivity index (χ2n) is 13.9. The van der Waals surface area contributed by atoms with Crippen molar-refractivity contribution < 1.29 is 33.2 Å². The molecular formula is C46H108N4O7. The summed E-state index contributed by atoms with van der Waals surface area (Å²) in [6, 6.07) is 0. The standard InChI is InChI=1S/C9H17NO2.C7H15N.C6H13NO.C6H13N.C6H12O2.C5H10O2.7CH4/c1-2-10-5-3-9(4-6-10)11-7-8-12-9;1-2-8-6-4-3-5-7-8;1-2-7-3-5-8-6-4-7;1-2-7-5-3-4-6-7;1-7-6-4-2-3-5-8-6;1-5-6-3-2-4-7-5;;;;;;;/h2-8H2,1H3;2-7H2,1H3;2-6H2,1H3;2-6H2,1H3;6H,2-5H2,1H3;5H,2-4H2,1H3;7*1H4. The van der Waals surface area contributed by atoms with Gasteiger partial charge < -0.3 is 47.9 Å². The lowest BCUT2D eigenvalue weighted by Gasteiger charge is -2.36. The Kier molecular flexibility index (Phi) is 54.0. The number of methoxy groups -OCH3 is 1. The molecule has 0 aromatic rings. The maximum atomic E-state index is 5.63. The van der Waals surface area contributed by atoms with Crippen molar-refractivity contribution in [3.8, 4) is 0 Å². The van der Waals surface area contributed by atoms with Crippen molar-refractivity contribution in [3.63, 3.8) is 0 Å². The van der Waals surface area contributed by atoms with E-state index in [-0.39, 0.29) is 70.4 Å². The summed E-state index contributed by atoms with van der Waals surface area (Å²) in [4.78, 5) is 9.84. The molecule has 0 aliphatic carbocycles. The van der Waals surface area contributed by atoms with E-state index < -0.39 is 0 Å². The minimum absolute atomic E-state index is 0. The fourth-order valence-corrected chi connectivity index (χ4v) is 6.79. The van der Waals surface area contributed by atoms with Gasteiger partial charge in [0.25, 0.3) is 0 Å². The quantitative estimate of drug-likeness (QED) is 0.266. The number of ether oxygens (including phenoxy) is 7. The molecule has 57 heavy (non-hydrogen) atoms. The highest BCUT2D eigenvalue weighted by atomic mass is 16.7. The third-order valence-corrected chi connectivity index (χ3v) is 10.4. The summed E-state index contributed by atoms with van der Waals surface area (Å²) in [6.07, 6.45) is 13.9. The number of hydrogen-bond acceptors (Lipinski definition) is 11. The van der Waals surface area contributed by atoms with Crippen LogP contribution in [0.25, 0.3) is 0 Å². The Morgan fingerprint density at radius 3 is 1.18 bits per heavy atom. The number of nitrogens with zero attached hydrogens (tertiary/aromatic N) is 4. The molecule has 7 saturated heterocycles. The van der Waals surface area contributed by atoms with E-state index >= 15 is 0 Å². The zero-order chi connectivity index (χ0) is 36.1. The Morgan fingerprint density at radius 2 is 0.860 bits per heavy atom. The average Bonchev–Trinajstić information content (AvgIpc) is 3.91. The van der Waals surface area contributed by atoms with Gasteiger partial charge in [0.15, 0.2) is 18.4 Å². The highest BCUT2D eigenvalue weighted by molar-refractivity contribution is 4.82. The number of hydrogen-bond donors (Lipinski definition) is 0. The van der Waals surface area contributed by atoms with Crippen LogP contribution in [0.2, 0.25) is 0 Å². The Hall–Kier alpha value is -0.440. The molecule has 1 unspecified atom stereocenters. The van der Waals surface area contributed by atoms with Crippen LogP contribution in [0, 0.1) is 0 Å². The molecule has 1 spiro atoms. The van der Waals surface area contributed by atoms with Crippen LogP contribution in [0.5, 0.6) is 0 Å². The van der Waals surface area contributed by atoms with Gasteiger partial charge in [0, 0.05) is 52.7 Å². The third kappa shape index (κ3) is 32.9. The van der Waals surface area contributed by atoms with Crippen molar-refractivity contribution in [2.45, 2.75) is 176 Å². The molecule has 11 heteroatoms. The second kappa shape index (κ2) is 45.1. The largest absolute Gasteiger partial charge is 0.379 e. The molecule has 354 valence electrons. The maximum absolute atomic E-state index is 5.63. The molecule has 1 atom stereocenters. The van der Waals surface area contributed by atoms with Crippen molar-refractivity contribution >= 4 is 0 Å². The molecule has 0 radical (unpaired) electrons. The van der Waals surface area contributed by atoms with Gasteiger partial charge in [-0.25, -0.2) is 0 Å². The van der Waals surface area contributed by atoms with Crippen LogP contribution in [-0.4, -0.2) is 170 Å². The number of likely N-dealkylation sites (N-methyl/N-ethyl adjacent to an activating group) is 1. The van der Waals surface area contributed by atoms with Crippen LogP contribution in [0.3, 0.4) is 0 Å². The highest BCUT2D eigenvalue weighted by Crippen LogP contribution is 2.30. The third-order valence-electron chi connectivity index (χ3n) is 10.4. The molecule has 0 aromatic carbocycles. The van der Waals surface area contributed by atoms with Gasteiger partial charge in [-0.2, -0.15) is 0 Å². The monoisotopic (exact) mass is 829 g/mol. The Morgan fingerprint density at radius 1 is 0.456 bits per heavy atom. The predicted octanol–water partition coefficient (Wildman–Crippen LogP) is 10.2.